The first-order valence-corrected chi connectivity index (χ1v) is 8.16. The molecule has 1 aliphatic rings. The molecule has 3 aromatic rings. The van der Waals surface area contributed by atoms with Crippen LogP contribution in [0.1, 0.15) is 16.1 Å². The summed E-state index contributed by atoms with van der Waals surface area (Å²) in [6, 6.07) is 10.8. The highest BCUT2D eigenvalue weighted by molar-refractivity contribution is 7.13. The van der Waals surface area contributed by atoms with Gasteiger partial charge in [0.1, 0.15) is 5.01 Å². The Hall–Kier alpha value is -2.99. The van der Waals surface area contributed by atoms with E-state index in [4.69, 9.17) is 9.47 Å². The lowest BCUT2D eigenvalue weighted by molar-refractivity contribution is 0.104. The van der Waals surface area contributed by atoms with Gasteiger partial charge in [-0.25, -0.2) is 4.98 Å². The number of ketones is 1. The maximum absolute atomic E-state index is 12.3. The molecule has 1 aromatic carbocycles. The molecule has 4 rings (SSSR count). The maximum atomic E-state index is 12.3. The number of pyridine rings is 1. The van der Waals surface area contributed by atoms with Gasteiger partial charge >= 0.3 is 0 Å². The fourth-order valence-electron chi connectivity index (χ4n) is 2.28. The van der Waals surface area contributed by atoms with Crippen LogP contribution in [-0.2, 0) is 0 Å². The number of hydrogen-bond acceptors (Lipinski definition) is 6. The average molecular weight is 336 g/mol. The molecule has 1 aliphatic heterocycles. The number of allylic oxidation sites excluding steroid dienone is 1. The summed E-state index contributed by atoms with van der Waals surface area (Å²) in [5, 5.41) is 2.72. The third-order valence-corrected chi connectivity index (χ3v) is 4.35. The predicted molar refractivity (Wildman–Crippen MR) is 91.3 cm³/mol. The Morgan fingerprint density at radius 3 is 2.96 bits per heavy atom. The van der Waals surface area contributed by atoms with Gasteiger partial charge in [0.05, 0.1) is 11.4 Å². The Bertz CT molecular complexity index is 919. The van der Waals surface area contributed by atoms with Crippen molar-refractivity contribution < 1.29 is 14.3 Å². The molecule has 0 bridgehead atoms. The molecule has 0 atom stereocenters. The molecule has 0 radical (unpaired) electrons. The van der Waals surface area contributed by atoms with E-state index in [0.29, 0.717) is 17.1 Å². The number of aromatic nitrogens is 2. The molecular formula is C18H12N2O3S. The second-order valence-corrected chi connectivity index (χ2v) is 5.92. The lowest BCUT2D eigenvalue weighted by Crippen LogP contribution is -1.94. The molecule has 0 fully saturated rings. The molecule has 0 aliphatic carbocycles. The monoisotopic (exact) mass is 336 g/mol. The summed E-state index contributed by atoms with van der Waals surface area (Å²) in [6.45, 7) is 0.192. The van der Waals surface area contributed by atoms with E-state index in [1.165, 1.54) is 17.4 Å². The zero-order chi connectivity index (χ0) is 16.4. The van der Waals surface area contributed by atoms with Gasteiger partial charge in [-0.1, -0.05) is 6.07 Å². The highest BCUT2D eigenvalue weighted by Gasteiger charge is 2.15. The van der Waals surface area contributed by atoms with Crippen LogP contribution in [0, 0.1) is 0 Å². The minimum absolute atomic E-state index is 0.110. The second kappa shape index (κ2) is 6.25. The zero-order valence-corrected chi connectivity index (χ0v) is 13.3. The van der Waals surface area contributed by atoms with Gasteiger partial charge in [0.2, 0.25) is 6.79 Å². The first kappa shape index (κ1) is 14.6. The molecule has 24 heavy (non-hydrogen) atoms. The van der Waals surface area contributed by atoms with E-state index in [2.05, 4.69) is 9.97 Å². The van der Waals surface area contributed by atoms with Gasteiger partial charge in [0.15, 0.2) is 17.3 Å². The molecule has 2 aromatic heterocycles. The molecule has 3 heterocycles. The summed E-state index contributed by atoms with van der Waals surface area (Å²) in [6.07, 6.45) is 4.94. The lowest BCUT2D eigenvalue weighted by atomic mass is 10.1. The van der Waals surface area contributed by atoms with Crippen LogP contribution in [0.5, 0.6) is 11.5 Å². The fraction of sp³-hybridized carbons (Fsp3) is 0.0556. The molecule has 0 saturated carbocycles. The normalized spacial score (nSPS) is 12.7. The van der Waals surface area contributed by atoms with E-state index in [0.717, 1.165) is 16.4 Å². The van der Waals surface area contributed by atoms with Crippen molar-refractivity contribution >= 4 is 23.2 Å². The number of ether oxygens (including phenoxy) is 2. The Balaban J connectivity index is 1.51. The summed E-state index contributed by atoms with van der Waals surface area (Å²) < 4.78 is 10.5. The van der Waals surface area contributed by atoms with Crippen molar-refractivity contribution in [2.45, 2.75) is 0 Å². The summed E-state index contributed by atoms with van der Waals surface area (Å²) in [4.78, 5) is 21.0. The minimum Gasteiger partial charge on any atom is -0.454 e. The van der Waals surface area contributed by atoms with Crippen molar-refractivity contribution in [3.05, 3.63) is 65.3 Å². The molecule has 0 N–H and O–H groups in total. The highest BCUT2D eigenvalue weighted by Crippen LogP contribution is 2.32. The van der Waals surface area contributed by atoms with E-state index in [1.54, 1.807) is 30.5 Å². The van der Waals surface area contributed by atoms with Crippen LogP contribution in [-0.4, -0.2) is 22.5 Å². The van der Waals surface area contributed by atoms with E-state index in [-0.39, 0.29) is 12.6 Å². The van der Waals surface area contributed by atoms with Gasteiger partial charge in [-0.2, -0.15) is 0 Å². The Labute approximate surface area is 142 Å². The quantitative estimate of drug-likeness (QED) is 0.535. The molecule has 6 heteroatoms. The van der Waals surface area contributed by atoms with Gasteiger partial charge < -0.3 is 9.47 Å². The van der Waals surface area contributed by atoms with Crippen LogP contribution in [0.4, 0.5) is 0 Å². The zero-order valence-electron chi connectivity index (χ0n) is 12.5. The molecule has 5 nitrogen and oxygen atoms in total. The number of hydrogen-bond donors (Lipinski definition) is 0. The first-order chi connectivity index (χ1) is 11.8. The van der Waals surface area contributed by atoms with Crippen molar-refractivity contribution in [3.8, 4) is 22.2 Å². The van der Waals surface area contributed by atoms with Crippen LogP contribution < -0.4 is 9.47 Å². The molecule has 0 unspecified atom stereocenters. The minimum atomic E-state index is -0.110. The molecule has 118 valence electrons. The Kier molecular flexibility index (Phi) is 3.80. The van der Waals surface area contributed by atoms with E-state index >= 15 is 0 Å². The predicted octanol–water partition coefficient (Wildman–Crippen LogP) is 3.83. The molecule has 0 amide bonds. The van der Waals surface area contributed by atoms with Gasteiger partial charge in [-0.05, 0) is 42.5 Å². The fourth-order valence-corrected chi connectivity index (χ4v) is 3.04. The second-order valence-electron chi connectivity index (χ2n) is 5.06. The smallest absolute Gasteiger partial charge is 0.231 e. The van der Waals surface area contributed by atoms with Crippen LogP contribution in [0.2, 0.25) is 0 Å². The van der Waals surface area contributed by atoms with Crippen LogP contribution in [0.15, 0.2) is 54.1 Å². The number of carbonyl (C=O) groups is 1. The highest BCUT2D eigenvalue weighted by atomic mass is 32.1. The summed E-state index contributed by atoms with van der Waals surface area (Å²) in [5.41, 5.74) is 2.11. The third-order valence-electron chi connectivity index (χ3n) is 3.47. The number of fused-ring (bicyclic) bond motifs is 1. The summed E-state index contributed by atoms with van der Waals surface area (Å²) >= 11 is 1.49. The van der Waals surface area contributed by atoms with Crippen molar-refractivity contribution in [2.75, 3.05) is 6.79 Å². The van der Waals surface area contributed by atoms with E-state index in [1.807, 2.05) is 23.6 Å². The van der Waals surface area contributed by atoms with Crippen LogP contribution >= 0.6 is 11.3 Å². The number of carbonyl (C=O) groups excluding carboxylic acids is 1. The molecular weight excluding hydrogens is 324 g/mol. The summed E-state index contributed by atoms with van der Waals surface area (Å²) in [7, 11) is 0. The largest absolute Gasteiger partial charge is 0.454 e. The lowest BCUT2D eigenvalue weighted by Gasteiger charge is -1.98. The van der Waals surface area contributed by atoms with Gasteiger partial charge in [0.25, 0.3) is 0 Å². The van der Waals surface area contributed by atoms with Gasteiger partial charge in [-0.3, -0.25) is 9.78 Å². The molecule has 0 saturated heterocycles. The average Bonchev–Trinajstić information content (AvgIpc) is 3.29. The molecule has 0 spiro atoms. The standard InChI is InChI=1S/C18H12N2O3S/c21-15(12-4-7-16-17(9-12)23-11-22-16)6-5-13-10-24-18(20-13)14-3-1-2-8-19-14/h1-10H,11H2. The van der Waals surface area contributed by atoms with Crippen molar-refractivity contribution in [3.63, 3.8) is 0 Å². The maximum Gasteiger partial charge on any atom is 0.231 e. The van der Waals surface area contributed by atoms with E-state index < -0.39 is 0 Å². The SMILES string of the molecule is O=C(C=Cc1csc(-c2ccccn2)n1)c1ccc2c(c1)OCO2. The Morgan fingerprint density at radius 1 is 1.17 bits per heavy atom. The van der Waals surface area contributed by atoms with Crippen molar-refractivity contribution in [1.82, 2.24) is 9.97 Å². The van der Waals surface area contributed by atoms with Crippen molar-refractivity contribution in [2.24, 2.45) is 0 Å². The van der Waals surface area contributed by atoms with Gasteiger partial charge in [0, 0.05) is 17.1 Å². The number of nitrogens with zero attached hydrogens (tertiary/aromatic N) is 2. The summed E-state index contributed by atoms with van der Waals surface area (Å²) in [5.74, 6) is 1.15. The van der Waals surface area contributed by atoms with E-state index in [9.17, 15) is 4.79 Å². The van der Waals surface area contributed by atoms with Crippen LogP contribution in [0.25, 0.3) is 16.8 Å². The third kappa shape index (κ3) is 2.91. The number of benzene rings is 1. The first-order valence-electron chi connectivity index (χ1n) is 7.28. The van der Waals surface area contributed by atoms with Gasteiger partial charge in [-0.15, -0.1) is 11.3 Å². The topological polar surface area (TPSA) is 61.3 Å². The van der Waals surface area contributed by atoms with Crippen LogP contribution in [0.3, 0.4) is 0 Å². The number of rotatable bonds is 4. The van der Waals surface area contributed by atoms with Crippen molar-refractivity contribution in [1.29, 1.82) is 0 Å². The number of thiazole rings is 1. The Morgan fingerprint density at radius 2 is 2.08 bits per heavy atom.